The van der Waals surface area contributed by atoms with Crippen LogP contribution in [0.1, 0.15) is 18.4 Å². The number of hydrogen-bond acceptors (Lipinski definition) is 3. The topological polar surface area (TPSA) is 70.5 Å². The summed E-state index contributed by atoms with van der Waals surface area (Å²) < 4.78 is 0. The smallest absolute Gasteiger partial charge is 0.323 e. The van der Waals surface area contributed by atoms with Gasteiger partial charge in [-0.25, -0.2) is 0 Å². The predicted octanol–water partition coefficient (Wildman–Crippen LogP) is 1.17. The number of carboxylic acid groups (broad SMARTS) is 1. The van der Waals surface area contributed by atoms with Gasteiger partial charge in [-0.1, -0.05) is 6.07 Å². The third-order valence-corrected chi connectivity index (χ3v) is 2.68. The molecule has 0 saturated heterocycles. The zero-order chi connectivity index (χ0) is 13.0. The third-order valence-electron chi connectivity index (χ3n) is 2.68. The van der Waals surface area contributed by atoms with Crippen LogP contribution in [0.5, 0.6) is 0 Å². The van der Waals surface area contributed by atoms with E-state index in [-0.39, 0.29) is 18.5 Å². The van der Waals surface area contributed by atoms with Crippen molar-refractivity contribution in [3.8, 4) is 0 Å². The first-order valence-electron chi connectivity index (χ1n) is 5.77. The van der Waals surface area contributed by atoms with Crippen molar-refractivity contribution in [3.05, 3.63) is 36.2 Å². The standard InChI is InChI=1S/C13H14N2O3/c16-12(6-3-10-2-1-7-14-8-10)15(9-13(17)18)11-4-5-11/h1-3,6-8,11H,4-5,9H2,(H,17,18)/b6-3-. The Bertz CT molecular complexity index is 466. The van der Waals surface area contributed by atoms with Crippen LogP contribution in [0.4, 0.5) is 0 Å². The molecule has 0 aliphatic heterocycles. The molecule has 1 aromatic rings. The molecule has 1 heterocycles. The Morgan fingerprint density at radius 3 is 2.83 bits per heavy atom. The van der Waals surface area contributed by atoms with Gasteiger partial charge in [0.05, 0.1) is 0 Å². The monoisotopic (exact) mass is 246 g/mol. The Balaban J connectivity index is 2.01. The summed E-state index contributed by atoms with van der Waals surface area (Å²) in [5.74, 6) is -1.24. The number of amides is 1. The summed E-state index contributed by atoms with van der Waals surface area (Å²) in [7, 11) is 0. The summed E-state index contributed by atoms with van der Waals surface area (Å²) in [5.41, 5.74) is 0.817. The normalized spacial score (nSPS) is 14.7. The van der Waals surface area contributed by atoms with Crippen LogP contribution in [0.2, 0.25) is 0 Å². The van der Waals surface area contributed by atoms with E-state index >= 15 is 0 Å². The fourth-order valence-electron chi connectivity index (χ4n) is 1.66. The fraction of sp³-hybridized carbons (Fsp3) is 0.308. The molecule has 0 unspecified atom stereocenters. The zero-order valence-electron chi connectivity index (χ0n) is 9.82. The Kier molecular flexibility index (Phi) is 3.72. The maximum atomic E-state index is 11.9. The van der Waals surface area contributed by atoms with Crippen molar-refractivity contribution in [2.24, 2.45) is 0 Å². The molecule has 5 nitrogen and oxygen atoms in total. The highest BCUT2D eigenvalue weighted by Crippen LogP contribution is 2.26. The second-order valence-corrected chi connectivity index (χ2v) is 4.21. The third kappa shape index (κ3) is 3.41. The minimum atomic E-state index is -0.981. The van der Waals surface area contributed by atoms with Crippen LogP contribution in [0.25, 0.3) is 6.08 Å². The Morgan fingerprint density at radius 1 is 1.50 bits per heavy atom. The molecule has 0 radical (unpaired) electrons. The number of carbonyl (C=O) groups is 2. The van der Waals surface area contributed by atoms with Crippen LogP contribution in [0.15, 0.2) is 30.6 Å². The van der Waals surface area contributed by atoms with Crippen LogP contribution in [-0.2, 0) is 9.59 Å². The van der Waals surface area contributed by atoms with Crippen molar-refractivity contribution in [3.63, 3.8) is 0 Å². The van der Waals surface area contributed by atoms with E-state index in [2.05, 4.69) is 4.98 Å². The Morgan fingerprint density at radius 2 is 2.28 bits per heavy atom. The molecule has 5 heteroatoms. The number of rotatable bonds is 5. The Hall–Kier alpha value is -2.17. The van der Waals surface area contributed by atoms with Crippen LogP contribution >= 0.6 is 0 Å². The largest absolute Gasteiger partial charge is 0.480 e. The minimum Gasteiger partial charge on any atom is -0.480 e. The van der Waals surface area contributed by atoms with E-state index in [4.69, 9.17) is 5.11 Å². The van der Waals surface area contributed by atoms with Crippen molar-refractivity contribution in [2.75, 3.05) is 6.54 Å². The maximum absolute atomic E-state index is 11.9. The number of carbonyl (C=O) groups excluding carboxylic acids is 1. The van der Waals surface area contributed by atoms with E-state index in [1.54, 1.807) is 24.5 Å². The van der Waals surface area contributed by atoms with Crippen LogP contribution in [0.3, 0.4) is 0 Å². The fourth-order valence-corrected chi connectivity index (χ4v) is 1.66. The number of nitrogens with zero attached hydrogens (tertiary/aromatic N) is 2. The lowest BCUT2D eigenvalue weighted by Gasteiger charge is -2.17. The van der Waals surface area contributed by atoms with Crippen LogP contribution in [-0.4, -0.2) is 39.5 Å². The van der Waals surface area contributed by atoms with E-state index in [9.17, 15) is 9.59 Å². The number of carboxylic acids is 1. The van der Waals surface area contributed by atoms with Gasteiger partial charge in [0.1, 0.15) is 6.54 Å². The number of pyridine rings is 1. The van der Waals surface area contributed by atoms with Gasteiger partial charge in [0, 0.05) is 24.5 Å². The van der Waals surface area contributed by atoms with Crippen molar-refractivity contribution in [1.82, 2.24) is 9.88 Å². The quantitative estimate of drug-likeness (QED) is 0.792. The number of aromatic nitrogens is 1. The van der Waals surface area contributed by atoms with Crippen LogP contribution < -0.4 is 0 Å². The van der Waals surface area contributed by atoms with Gasteiger partial charge in [-0.05, 0) is 30.5 Å². The molecule has 0 atom stereocenters. The molecule has 1 N–H and O–H groups in total. The molecular formula is C13H14N2O3. The molecule has 1 amide bonds. The highest BCUT2D eigenvalue weighted by molar-refractivity contribution is 5.93. The van der Waals surface area contributed by atoms with E-state index in [1.807, 2.05) is 6.07 Å². The molecule has 2 rings (SSSR count). The molecule has 1 aliphatic carbocycles. The summed E-state index contributed by atoms with van der Waals surface area (Å²) in [5, 5.41) is 8.77. The van der Waals surface area contributed by atoms with Crippen LogP contribution in [0, 0.1) is 0 Å². The van der Waals surface area contributed by atoms with E-state index in [1.165, 1.54) is 11.0 Å². The summed E-state index contributed by atoms with van der Waals surface area (Å²) in [4.78, 5) is 27.9. The van der Waals surface area contributed by atoms with Gasteiger partial charge in [0.15, 0.2) is 0 Å². The number of hydrogen-bond donors (Lipinski definition) is 1. The lowest BCUT2D eigenvalue weighted by molar-refractivity contribution is -0.143. The molecule has 94 valence electrons. The molecule has 18 heavy (non-hydrogen) atoms. The van der Waals surface area contributed by atoms with Gasteiger partial charge < -0.3 is 10.0 Å². The van der Waals surface area contributed by atoms with Gasteiger partial charge in [0.2, 0.25) is 5.91 Å². The predicted molar refractivity (Wildman–Crippen MR) is 65.6 cm³/mol. The molecule has 1 aliphatic rings. The first-order chi connectivity index (χ1) is 8.66. The lowest BCUT2D eigenvalue weighted by atomic mass is 10.2. The average Bonchev–Trinajstić information content (AvgIpc) is 3.18. The molecule has 0 aromatic carbocycles. The van der Waals surface area contributed by atoms with Gasteiger partial charge >= 0.3 is 5.97 Å². The summed E-state index contributed by atoms with van der Waals surface area (Å²) in [6, 6.07) is 3.70. The Labute approximate surface area is 105 Å². The van der Waals surface area contributed by atoms with Gasteiger partial charge in [-0.2, -0.15) is 0 Å². The van der Waals surface area contributed by atoms with Gasteiger partial charge in [0.25, 0.3) is 0 Å². The van der Waals surface area contributed by atoms with Crippen molar-refractivity contribution < 1.29 is 14.7 Å². The lowest BCUT2D eigenvalue weighted by Crippen LogP contribution is -2.36. The summed E-state index contributed by atoms with van der Waals surface area (Å²) in [6.07, 6.45) is 8.12. The SMILES string of the molecule is O=C(O)CN(C(=O)/C=C\c1cccnc1)C1CC1. The van der Waals surface area contributed by atoms with E-state index < -0.39 is 5.97 Å². The van der Waals surface area contributed by atoms with Crippen molar-refractivity contribution in [1.29, 1.82) is 0 Å². The highest BCUT2D eigenvalue weighted by atomic mass is 16.4. The zero-order valence-corrected chi connectivity index (χ0v) is 9.82. The second-order valence-electron chi connectivity index (χ2n) is 4.21. The molecule has 0 bridgehead atoms. The number of aliphatic carboxylic acids is 1. The van der Waals surface area contributed by atoms with E-state index in [0.717, 1.165) is 18.4 Å². The van der Waals surface area contributed by atoms with Gasteiger partial charge in [-0.15, -0.1) is 0 Å². The van der Waals surface area contributed by atoms with Crippen molar-refractivity contribution >= 4 is 18.0 Å². The van der Waals surface area contributed by atoms with Crippen molar-refractivity contribution in [2.45, 2.75) is 18.9 Å². The molecule has 1 saturated carbocycles. The van der Waals surface area contributed by atoms with Gasteiger partial charge in [-0.3, -0.25) is 14.6 Å². The molecule has 0 spiro atoms. The van der Waals surface area contributed by atoms with E-state index in [0.29, 0.717) is 0 Å². The average molecular weight is 246 g/mol. The molecule has 1 fully saturated rings. The summed E-state index contributed by atoms with van der Waals surface area (Å²) in [6.45, 7) is -0.235. The highest BCUT2D eigenvalue weighted by Gasteiger charge is 2.32. The second kappa shape index (κ2) is 5.44. The molecule has 1 aromatic heterocycles. The minimum absolute atomic E-state index is 0.0900. The first kappa shape index (κ1) is 12.3. The maximum Gasteiger partial charge on any atom is 0.323 e. The molecular weight excluding hydrogens is 232 g/mol. The first-order valence-corrected chi connectivity index (χ1v) is 5.77. The summed E-state index contributed by atoms with van der Waals surface area (Å²) >= 11 is 0.